The lowest BCUT2D eigenvalue weighted by atomic mass is 10.1. The average Bonchev–Trinajstić information content (AvgIpc) is 2.82. The van der Waals surface area contributed by atoms with Crippen molar-refractivity contribution in [2.75, 3.05) is 33.5 Å². The van der Waals surface area contributed by atoms with Crippen LogP contribution >= 0.6 is 0 Å². The molecule has 6 nitrogen and oxygen atoms in total. The second-order valence-electron chi connectivity index (χ2n) is 5.71. The lowest BCUT2D eigenvalue weighted by molar-refractivity contribution is 0.413. The minimum atomic E-state index is -3.15. The first-order valence-corrected chi connectivity index (χ1v) is 9.30. The molecule has 0 aliphatic rings. The summed E-state index contributed by atoms with van der Waals surface area (Å²) in [7, 11) is 0.0629. The Morgan fingerprint density at radius 3 is 2.70 bits per heavy atom. The summed E-state index contributed by atoms with van der Waals surface area (Å²) in [5, 5.41) is 4.33. The SMILES string of the molecule is COc1ccc2oc(C(C)NCCN(C)S(C)(=O)=O)c(C)c2c1. The van der Waals surface area contributed by atoms with Gasteiger partial charge in [-0.25, -0.2) is 12.7 Å². The molecule has 1 aromatic heterocycles. The van der Waals surface area contributed by atoms with Crippen LogP contribution in [0.1, 0.15) is 24.3 Å². The van der Waals surface area contributed by atoms with Gasteiger partial charge in [-0.3, -0.25) is 0 Å². The molecule has 0 saturated heterocycles. The van der Waals surface area contributed by atoms with Crippen molar-refractivity contribution >= 4 is 21.0 Å². The van der Waals surface area contributed by atoms with Crippen LogP contribution in [0.15, 0.2) is 22.6 Å². The normalized spacial score (nSPS) is 13.7. The van der Waals surface area contributed by atoms with Gasteiger partial charge in [-0.1, -0.05) is 0 Å². The van der Waals surface area contributed by atoms with Crippen molar-refractivity contribution in [1.29, 1.82) is 0 Å². The maximum atomic E-state index is 11.4. The molecule has 0 amide bonds. The number of benzene rings is 1. The van der Waals surface area contributed by atoms with Crippen LogP contribution in [-0.2, 0) is 10.0 Å². The summed E-state index contributed by atoms with van der Waals surface area (Å²) in [6, 6.07) is 5.71. The summed E-state index contributed by atoms with van der Waals surface area (Å²) in [5.74, 6) is 1.65. The first-order chi connectivity index (χ1) is 10.7. The molecule has 1 N–H and O–H groups in total. The average molecular weight is 340 g/mol. The summed E-state index contributed by atoms with van der Waals surface area (Å²) in [6.45, 7) is 4.98. The quantitative estimate of drug-likeness (QED) is 0.837. The number of likely N-dealkylation sites (N-methyl/N-ethyl adjacent to an activating group) is 1. The van der Waals surface area contributed by atoms with E-state index in [-0.39, 0.29) is 6.04 Å². The Morgan fingerprint density at radius 2 is 2.09 bits per heavy atom. The summed E-state index contributed by atoms with van der Waals surface area (Å²) in [6.07, 6.45) is 1.20. The zero-order valence-corrected chi connectivity index (χ0v) is 15.0. The van der Waals surface area contributed by atoms with Gasteiger partial charge in [-0.2, -0.15) is 0 Å². The number of fused-ring (bicyclic) bond motifs is 1. The van der Waals surface area contributed by atoms with Gasteiger partial charge in [0.2, 0.25) is 10.0 Å². The van der Waals surface area contributed by atoms with Crippen molar-refractivity contribution in [3.8, 4) is 5.75 Å². The van der Waals surface area contributed by atoms with Crippen LogP contribution in [0.25, 0.3) is 11.0 Å². The first kappa shape index (κ1) is 17.8. The molecule has 0 aliphatic carbocycles. The number of methoxy groups -OCH3 is 1. The standard InChI is InChI=1S/C16H24N2O4S/c1-11-14-10-13(21-4)6-7-15(14)22-16(11)12(2)17-8-9-18(3)23(5,19)20/h6-7,10,12,17H,8-9H2,1-5H3. The third-order valence-electron chi connectivity index (χ3n) is 4.02. The van der Waals surface area contributed by atoms with E-state index in [1.165, 1.54) is 10.6 Å². The molecule has 2 rings (SSSR count). The van der Waals surface area contributed by atoms with Crippen LogP contribution < -0.4 is 10.1 Å². The Balaban J connectivity index is 2.09. The van der Waals surface area contributed by atoms with E-state index in [1.54, 1.807) is 14.2 Å². The summed E-state index contributed by atoms with van der Waals surface area (Å²) < 4.78 is 35.3. The van der Waals surface area contributed by atoms with E-state index < -0.39 is 10.0 Å². The number of furan rings is 1. The molecule has 0 bridgehead atoms. The lowest BCUT2D eigenvalue weighted by Gasteiger charge is -2.17. The number of ether oxygens (including phenoxy) is 1. The first-order valence-electron chi connectivity index (χ1n) is 7.45. The number of aryl methyl sites for hydroxylation is 1. The van der Waals surface area contributed by atoms with Crippen molar-refractivity contribution in [1.82, 2.24) is 9.62 Å². The van der Waals surface area contributed by atoms with E-state index in [2.05, 4.69) is 5.32 Å². The zero-order valence-electron chi connectivity index (χ0n) is 14.2. The number of sulfonamides is 1. The van der Waals surface area contributed by atoms with Crippen molar-refractivity contribution in [2.45, 2.75) is 19.9 Å². The summed E-state index contributed by atoms with van der Waals surface area (Å²) >= 11 is 0. The van der Waals surface area contributed by atoms with Gasteiger partial charge < -0.3 is 14.5 Å². The third kappa shape index (κ3) is 4.04. The van der Waals surface area contributed by atoms with Gasteiger partial charge in [0, 0.05) is 31.1 Å². The largest absolute Gasteiger partial charge is 0.497 e. The molecule has 0 aliphatic heterocycles. The molecule has 1 atom stereocenters. The van der Waals surface area contributed by atoms with Crippen molar-refractivity contribution in [2.24, 2.45) is 0 Å². The molecule has 1 unspecified atom stereocenters. The molecule has 0 fully saturated rings. The van der Waals surface area contributed by atoms with Gasteiger partial charge in [0.25, 0.3) is 0 Å². The van der Waals surface area contributed by atoms with Crippen molar-refractivity contribution < 1.29 is 17.6 Å². The highest BCUT2D eigenvalue weighted by Crippen LogP contribution is 2.31. The van der Waals surface area contributed by atoms with Gasteiger partial charge in [-0.15, -0.1) is 0 Å². The Labute approximate surface area is 137 Å². The Hall–Kier alpha value is -1.57. The molecule has 0 saturated carbocycles. The highest BCUT2D eigenvalue weighted by molar-refractivity contribution is 7.88. The third-order valence-corrected chi connectivity index (χ3v) is 5.33. The molecular weight excluding hydrogens is 316 g/mol. The Kier molecular flexibility index (Phi) is 5.33. The molecule has 0 radical (unpaired) electrons. The molecule has 7 heteroatoms. The summed E-state index contributed by atoms with van der Waals surface area (Å²) in [4.78, 5) is 0. The zero-order chi connectivity index (χ0) is 17.2. The van der Waals surface area contributed by atoms with Crippen LogP contribution in [-0.4, -0.2) is 46.2 Å². The van der Waals surface area contributed by atoms with E-state index in [1.807, 2.05) is 32.0 Å². The van der Waals surface area contributed by atoms with Crippen LogP contribution in [0.5, 0.6) is 5.75 Å². The fourth-order valence-electron chi connectivity index (χ4n) is 2.46. The van der Waals surface area contributed by atoms with E-state index >= 15 is 0 Å². The number of rotatable bonds is 7. The molecule has 23 heavy (non-hydrogen) atoms. The van der Waals surface area contributed by atoms with Crippen molar-refractivity contribution in [3.63, 3.8) is 0 Å². The molecule has 2 aromatic rings. The van der Waals surface area contributed by atoms with Gasteiger partial charge in [0.1, 0.15) is 17.1 Å². The summed E-state index contributed by atoms with van der Waals surface area (Å²) in [5.41, 5.74) is 1.88. The second-order valence-corrected chi connectivity index (χ2v) is 7.80. The predicted molar refractivity (Wildman–Crippen MR) is 91.4 cm³/mol. The fourth-order valence-corrected chi connectivity index (χ4v) is 2.88. The van der Waals surface area contributed by atoms with Gasteiger partial charge in [-0.05, 0) is 32.0 Å². The molecular formula is C16H24N2O4S. The fraction of sp³-hybridized carbons (Fsp3) is 0.500. The van der Waals surface area contributed by atoms with E-state index in [0.29, 0.717) is 13.1 Å². The van der Waals surface area contributed by atoms with E-state index in [9.17, 15) is 8.42 Å². The van der Waals surface area contributed by atoms with Gasteiger partial charge in [0.15, 0.2) is 0 Å². The number of hydrogen-bond acceptors (Lipinski definition) is 5. The van der Waals surface area contributed by atoms with Crippen LogP contribution in [0.4, 0.5) is 0 Å². The monoisotopic (exact) mass is 340 g/mol. The van der Waals surface area contributed by atoms with Crippen LogP contribution in [0.3, 0.4) is 0 Å². The molecule has 1 aromatic carbocycles. The molecule has 128 valence electrons. The second kappa shape index (κ2) is 6.90. The minimum Gasteiger partial charge on any atom is -0.497 e. The van der Waals surface area contributed by atoms with Crippen molar-refractivity contribution in [3.05, 3.63) is 29.5 Å². The topological polar surface area (TPSA) is 71.8 Å². The smallest absolute Gasteiger partial charge is 0.210 e. The maximum absolute atomic E-state index is 11.4. The molecule has 1 heterocycles. The van der Waals surface area contributed by atoms with Crippen LogP contribution in [0, 0.1) is 6.92 Å². The predicted octanol–water partition coefficient (Wildman–Crippen LogP) is 2.29. The highest BCUT2D eigenvalue weighted by Gasteiger charge is 2.17. The lowest BCUT2D eigenvalue weighted by Crippen LogP contribution is -2.34. The Bertz CT molecular complexity index is 783. The maximum Gasteiger partial charge on any atom is 0.210 e. The van der Waals surface area contributed by atoms with Gasteiger partial charge in [0.05, 0.1) is 19.4 Å². The number of nitrogens with zero attached hydrogens (tertiary/aromatic N) is 1. The molecule has 0 spiro atoms. The van der Waals surface area contributed by atoms with Gasteiger partial charge >= 0.3 is 0 Å². The minimum absolute atomic E-state index is 0.0126. The van der Waals surface area contributed by atoms with E-state index in [0.717, 1.165) is 28.0 Å². The highest BCUT2D eigenvalue weighted by atomic mass is 32.2. The van der Waals surface area contributed by atoms with E-state index in [4.69, 9.17) is 9.15 Å². The number of hydrogen-bond donors (Lipinski definition) is 1. The van der Waals surface area contributed by atoms with Crippen LogP contribution in [0.2, 0.25) is 0 Å². The Morgan fingerprint density at radius 1 is 1.39 bits per heavy atom. The number of nitrogens with one attached hydrogen (secondary N) is 1.